The zero-order valence-corrected chi connectivity index (χ0v) is 15.4. The standard InChI is InChI=1S/C21H24FN3O/c1-16-4-10-20(11-5-16)25-15-18(14-24(2)12-13-26-3)21(23-25)17-6-8-19(22)9-7-17/h4-11,15H,12-14H2,1-3H3. The van der Waals surface area contributed by atoms with Gasteiger partial charge in [-0.25, -0.2) is 9.07 Å². The van der Waals surface area contributed by atoms with Crippen molar-refractivity contribution < 1.29 is 9.13 Å². The van der Waals surface area contributed by atoms with Crippen molar-refractivity contribution >= 4 is 0 Å². The summed E-state index contributed by atoms with van der Waals surface area (Å²) < 4.78 is 20.4. The number of methoxy groups -OCH3 is 1. The fraction of sp³-hybridized carbons (Fsp3) is 0.286. The van der Waals surface area contributed by atoms with Crippen LogP contribution in [-0.2, 0) is 11.3 Å². The number of nitrogens with zero attached hydrogens (tertiary/aromatic N) is 3. The van der Waals surface area contributed by atoms with E-state index in [0.29, 0.717) is 6.61 Å². The molecule has 0 aliphatic rings. The molecule has 2 aromatic carbocycles. The van der Waals surface area contributed by atoms with Gasteiger partial charge in [0.2, 0.25) is 0 Å². The molecule has 1 aromatic heterocycles. The van der Waals surface area contributed by atoms with Crippen LogP contribution in [0.5, 0.6) is 0 Å². The predicted octanol–water partition coefficient (Wildman–Crippen LogP) is 4.07. The van der Waals surface area contributed by atoms with Crippen LogP contribution in [0.3, 0.4) is 0 Å². The smallest absolute Gasteiger partial charge is 0.123 e. The summed E-state index contributed by atoms with van der Waals surface area (Å²) in [6.45, 7) is 4.30. The molecule has 3 aromatic rings. The summed E-state index contributed by atoms with van der Waals surface area (Å²) in [6, 6.07) is 14.7. The lowest BCUT2D eigenvalue weighted by atomic mass is 10.1. The van der Waals surface area contributed by atoms with E-state index in [9.17, 15) is 4.39 Å². The highest BCUT2D eigenvalue weighted by Gasteiger charge is 2.14. The largest absolute Gasteiger partial charge is 0.383 e. The van der Waals surface area contributed by atoms with Crippen molar-refractivity contribution in [3.8, 4) is 16.9 Å². The summed E-state index contributed by atoms with van der Waals surface area (Å²) in [5.41, 5.74) is 5.09. The van der Waals surface area contributed by atoms with Crippen LogP contribution < -0.4 is 0 Å². The van der Waals surface area contributed by atoms with E-state index in [1.807, 2.05) is 10.9 Å². The van der Waals surface area contributed by atoms with Crippen LogP contribution >= 0.6 is 0 Å². The lowest BCUT2D eigenvalue weighted by molar-refractivity contribution is 0.158. The highest BCUT2D eigenvalue weighted by molar-refractivity contribution is 5.63. The molecule has 0 spiro atoms. The van der Waals surface area contributed by atoms with Gasteiger partial charge >= 0.3 is 0 Å². The summed E-state index contributed by atoms with van der Waals surface area (Å²) in [5, 5.41) is 4.78. The van der Waals surface area contributed by atoms with Gasteiger partial charge in [-0.3, -0.25) is 4.90 Å². The van der Waals surface area contributed by atoms with Gasteiger partial charge in [0.15, 0.2) is 0 Å². The Bertz CT molecular complexity index is 841. The Balaban J connectivity index is 1.96. The van der Waals surface area contributed by atoms with Crippen LogP contribution in [-0.4, -0.2) is 42.0 Å². The minimum atomic E-state index is -0.245. The summed E-state index contributed by atoms with van der Waals surface area (Å²) >= 11 is 0. The van der Waals surface area contributed by atoms with Crippen molar-refractivity contribution in [2.45, 2.75) is 13.5 Å². The van der Waals surface area contributed by atoms with Crippen molar-refractivity contribution in [1.82, 2.24) is 14.7 Å². The molecule has 0 N–H and O–H groups in total. The Morgan fingerprint density at radius 2 is 1.77 bits per heavy atom. The van der Waals surface area contributed by atoms with Crippen molar-refractivity contribution in [2.75, 3.05) is 27.3 Å². The minimum Gasteiger partial charge on any atom is -0.383 e. The van der Waals surface area contributed by atoms with E-state index in [1.54, 1.807) is 19.2 Å². The minimum absolute atomic E-state index is 0.245. The van der Waals surface area contributed by atoms with Crippen LogP contribution in [0.2, 0.25) is 0 Å². The number of hydrogen-bond donors (Lipinski definition) is 0. The fourth-order valence-corrected chi connectivity index (χ4v) is 2.82. The van der Waals surface area contributed by atoms with E-state index < -0.39 is 0 Å². The normalized spacial score (nSPS) is 11.3. The van der Waals surface area contributed by atoms with E-state index in [2.05, 4.69) is 43.1 Å². The fourth-order valence-electron chi connectivity index (χ4n) is 2.82. The molecule has 4 nitrogen and oxygen atoms in total. The predicted molar refractivity (Wildman–Crippen MR) is 102 cm³/mol. The maximum Gasteiger partial charge on any atom is 0.123 e. The summed E-state index contributed by atoms with van der Waals surface area (Å²) in [6.07, 6.45) is 2.05. The molecule has 0 atom stereocenters. The van der Waals surface area contributed by atoms with Crippen LogP contribution in [0.25, 0.3) is 16.9 Å². The van der Waals surface area contributed by atoms with Gasteiger partial charge in [0.25, 0.3) is 0 Å². The van der Waals surface area contributed by atoms with E-state index in [-0.39, 0.29) is 5.82 Å². The van der Waals surface area contributed by atoms with Crippen LogP contribution in [0, 0.1) is 12.7 Å². The maximum absolute atomic E-state index is 13.3. The zero-order valence-electron chi connectivity index (χ0n) is 15.4. The van der Waals surface area contributed by atoms with Gasteiger partial charge < -0.3 is 4.74 Å². The number of hydrogen-bond acceptors (Lipinski definition) is 3. The van der Waals surface area contributed by atoms with Crippen molar-refractivity contribution in [1.29, 1.82) is 0 Å². The Hall–Kier alpha value is -2.50. The SMILES string of the molecule is COCCN(C)Cc1cn(-c2ccc(C)cc2)nc1-c1ccc(F)cc1. The van der Waals surface area contributed by atoms with Gasteiger partial charge in [-0.15, -0.1) is 0 Å². The van der Waals surface area contributed by atoms with Gasteiger partial charge in [0, 0.05) is 37.5 Å². The third-order valence-electron chi connectivity index (χ3n) is 4.32. The first-order valence-corrected chi connectivity index (χ1v) is 8.66. The molecule has 0 radical (unpaired) electrons. The molecule has 0 aliphatic heterocycles. The zero-order chi connectivity index (χ0) is 18.5. The lowest BCUT2D eigenvalue weighted by Crippen LogP contribution is -2.22. The number of benzene rings is 2. The topological polar surface area (TPSA) is 30.3 Å². The summed E-state index contributed by atoms with van der Waals surface area (Å²) in [4.78, 5) is 2.19. The van der Waals surface area contributed by atoms with E-state index in [1.165, 1.54) is 17.7 Å². The van der Waals surface area contributed by atoms with Gasteiger partial charge in [-0.2, -0.15) is 5.10 Å². The van der Waals surface area contributed by atoms with Crippen molar-refractivity contribution in [3.63, 3.8) is 0 Å². The monoisotopic (exact) mass is 353 g/mol. The molecule has 0 unspecified atom stereocenters. The van der Waals surface area contributed by atoms with Crippen LogP contribution in [0.15, 0.2) is 54.7 Å². The second-order valence-electron chi connectivity index (χ2n) is 6.52. The first-order chi connectivity index (χ1) is 12.6. The quantitative estimate of drug-likeness (QED) is 0.641. The third kappa shape index (κ3) is 4.36. The molecular formula is C21H24FN3O. The number of aryl methyl sites for hydroxylation is 1. The Morgan fingerprint density at radius 1 is 1.08 bits per heavy atom. The Kier molecular flexibility index (Phi) is 5.81. The molecular weight excluding hydrogens is 329 g/mol. The Labute approximate surface area is 153 Å². The average molecular weight is 353 g/mol. The summed E-state index contributed by atoms with van der Waals surface area (Å²) in [7, 11) is 3.75. The van der Waals surface area contributed by atoms with Crippen molar-refractivity contribution in [3.05, 3.63) is 71.7 Å². The van der Waals surface area contributed by atoms with Gasteiger partial charge in [-0.1, -0.05) is 17.7 Å². The molecule has 136 valence electrons. The number of likely N-dealkylation sites (N-methyl/N-ethyl adjacent to an activating group) is 1. The van der Waals surface area contributed by atoms with E-state index in [4.69, 9.17) is 9.84 Å². The van der Waals surface area contributed by atoms with Gasteiger partial charge in [-0.05, 0) is 50.4 Å². The molecule has 0 aliphatic carbocycles. The molecule has 26 heavy (non-hydrogen) atoms. The second kappa shape index (κ2) is 8.25. The maximum atomic E-state index is 13.3. The second-order valence-corrected chi connectivity index (χ2v) is 6.52. The molecule has 1 heterocycles. The summed E-state index contributed by atoms with van der Waals surface area (Å²) in [5.74, 6) is -0.245. The van der Waals surface area contributed by atoms with Crippen molar-refractivity contribution in [2.24, 2.45) is 0 Å². The Morgan fingerprint density at radius 3 is 2.42 bits per heavy atom. The third-order valence-corrected chi connectivity index (χ3v) is 4.32. The lowest BCUT2D eigenvalue weighted by Gasteiger charge is -2.15. The first-order valence-electron chi connectivity index (χ1n) is 8.66. The van der Waals surface area contributed by atoms with Crippen LogP contribution in [0.1, 0.15) is 11.1 Å². The van der Waals surface area contributed by atoms with Gasteiger partial charge in [0.1, 0.15) is 5.82 Å². The van der Waals surface area contributed by atoms with E-state index in [0.717, 1.165) is 35.6 Å². The molecule has 0 bridgehead atoms. The molecule has 3 rings (SSSR count). The highest BCUT2D eigenvalue weighted by atomic mass is 19.1. The first kappa shape index (κ1) is 18.3. The van der Waals surface area contributed by atoms with Gasteiger partial charge in [0.05, 0.1) is 18.0 Å². The van der Waals surface area contributed by atoms with E-state index >= 15 is 0 Å². The molecule has 0 saturated carbocycles. The molecule has 0 amide bonds. The molecule has 0 saturated heterocycles. The molecule has 0 fully saturated rings. The van der Waals surface area contributed by atoms with Crippen LogP contribution in [0.4, 0.5) is 4.39 Å². The number of ether oxygens (including phenoxy) is 1. The number of aromatic nitrogens is 2. The average Bonchev–Trinajstić information content (AvgIpc) is 3.05. The molecule has 5 heteroatoms. The number of halogens is 1. The highest BCUT2D eigenvalue weighted by Crippen LogP contribution is 2.25. The number of rotatable bonds is 7.